The zero-order chi connectivity index (χ0) is 18.9. The fourth-order valence-electron chi connectivity index (χ4n) is 2.96. The first-order valence-electron chi connectivity index (χ1n) is 8.37. The molecule has 0 aromatic heterocycles. The number of carbonyl (C=O) groups is 1. The number of para-hydroxylation sites is 1. The van der Waals surface area contributed by atoms with E-state index in [9.17, 15) is 4.79 Å². The highest BCUT2D eigenvalue weighted by atomic mass is 35.5. The van der Waals surface area contributed by atoms with E-state index in [0.29, 0.717) is 28.0 Å². The second-order valence-corrected chi connectivity index (χ2v) is 7.33. The van der Waals surface area contributed by atoms with Crippen molar-refractivity contribution < 1.29 is 19.0 Å². The lowest BCUT2D eigenvalue weighted by Gasteiger charge is -2.18. The molecule has 1 aliphatic heterocycles. The van der Waals surface area contributed by atoms with Crippen LogP contribution in [-0.2, 0) is 11.2 Å². The minimum Gasteiger partial charge on any atom is -0.495 e. The van der Waals surface area contributed by atoms with Crippen LogP contribution in [0.15, 0.2) is 30.3 Å². The molecule has 26 heavy (non-hydrogen) atoms. The number of hydrogen-bond acceptors (Lipinski definition) is 4. The predicted octanol–water partition coefficient (Wildman–Crippen LogP) is 4.39. The molecule has 0 fully saturated rings. The van der Waals surface area contributed by atoms with Gasteiger partial charge in [0, 0.05) is 23.1 Å². The number of methoxy groups -OCH3 is 1. The van der Waals surface area contributed by atoms with Crippen LogP contribution in [0.25, 0.3) is 0 Å². The largest absolute Gasteiger partial charge is 0.495 e. The molecule has 2 aromatic carbocycles. The molecule has 0 radical (unpaired) electrons. The third kappa shape index (κ3) is 3.88. The Morgan fingerprint density at radius 3 is 2.81 bits per heavy atom. The molecule has 0 unspecified atom stereocenters. The van der Waals surface area contributed by atoms with Crippen molar-refractivity contribution in [3.63, 3.8) is 0 Å². The Bertz CT molecular complexity index is 848. The Morgan fingerprint density at radius 1 is 1.31 bits per heavy atom. The number of rotatable bonds is 5. The molecule has 1 N–H and O–H groups in total. The molecule has 0 saturated heterocycles. The summed E-state index contributed by atoms with van der Waals surface area (Å²) in [5.74, 6) is 1.49. The van der Waals surface area contributed by atoms with Gasteiger partial charge in [0.05, 0.1) is 12.8 Å². The van der Waals surface area contributed by atoms with E-state index in [-0.39, 0.29) is 18.1 Å². The summed E-state index contributed by atoms with van der Waals surface area (Å²) in [4.78, 5) is 12.3. The molecule has 6 heteroatoms. The molecule has 0 atom stereocenters. The average Bonchev–Trinajstić information content (AvgIpc) is 2.90. The van der Waals surface area contributed by atoms with Crippen molar-refractivity contribution in [2.45, 2.75) is 32.8 Å². The molecule has 2 aromatic rings. The van der Waals surface area contributed by atoms with Crippen LogP contribution in [0.1, 0.15) is 25.0 Å². The van der Waals surface area contributed by atoms with Crippen LogP contribution in [0.4, 0.5) is 5.69 Å². The molecule has 138 valence electrons. The molecular formula is C20H22ClNO4. The molecule has 0 spiro atoms. The summed E-state index contributed by atoms with van der Waals surface area (Å²) in [6, 6.07) is 9.17. The topological polar surface area (TPSA) is 56.8 Å². The number of nitrogens with one attached hydrogen (secondary N) is 1. The van der Waals surface area contributed by atoms with Gasteiger partial charge in [-0.25, -0.2) is 0 Å². The number of amides is 1. The molecule has 1 amide bonds. The van der Waals surface area contributed by atoms with Crippen LogP contribution in [-0.4, -0.2) is 25.2 Å². The summed E-state index contributed by atoms with van der Waals surface area (Å²) in [5, 5.41) is 3.37. The van der Waals surface area contributed by atoms with Gasteiger partial charge in [-0.3, -0.25) is 4.79 Å². The maximum Gasteiger partial charge on any atom is 0.262 e. The predicted molar refractivity (Wildman–Crippen MR) is 102 cm³/mol. The fraction of sp³-hybridized carbons (Fsp3) is 0.350. The summed E-state index contributed by atoms with van der Waals surface area (Å²) in [6.07, 6.45) is 0.812. The van der Waals surface area contributed by atoms with Gasteiger partial charge >= 0.3 is 0 Å². The molecule has 0 aliphatic carbocycles. The highest BCUT2D eigenvalue weighted by molar-refractivity contribution is 6.31. The first kappa shape index (κ1) is 18.4. The normalized spacial score (nSPS) is 14.3. The summed E-state index contributed by atoms with van der Waals surface area (Å²) in [5.41, 5.74) is 2.22. The van der Waals surface area contributed by atoms with E-state index >= 15 is 0 Å². The van der Waals surface area contributed by atoms with Crippen LogP contribution < -0.4 is 19.5 Å². The van der Waals surface area contributed by atoms with Gasteiger partial charge in [-0.05, 0) is 38.5 Å². The molecule has 0 bridgehead atoms. The van der Waals surface area contributed by atoms with E-state index in [4.69, 9.17) is 25.8 Å². The van der Waals surface area contributed by atoms with Crippen LogP contribution >= 0.6 is 11.6 Å². The van der Waals surface area contributed by atoms with Gasteiger partial charge in [0.2, 0.25) is 0 Å². The van der Waals surface area contributed by atoms with Crippen LogP contribution in [0.3, 0.4) is 0 Å². The van der Waals surface area contributed by atoms with Crippen molar-refractivity contribution in [3.8, 4) is 17.2 Å². The van der Waals surface area contributed by atoms with Crippen LogP contribution in [0, 0.1) is 6.92 Å². The van der Waals surface area contributed by atoms with Crippen molar-refractivity contribution in [2.24, 2.45) is 0 Å². The Morgan fingerprint density at radius 2 is 2.08 bits per heavy atom. The second kappa shape index (κ2) is 7.08. The minimum absolute atomic E-state index is 0.134. The summed E-state index contributed by atoms with van der Waals surface area (Å²) < 4.78 is 16.9. The van der Waals surface area contributed by atoms with E-state index in [1.165, 1.54) is 7.11 Å². The zero-order valence-corrected chi connectivity index (χ0v) is 16.1. The Labute approximate surface area is 158 Å². The van der Waals surface area contributed by atoms with E-state index in [1.807, 2.05) is 32.9 Å². The number of benzene rings is 2. The maximum atomic E-state index is 12.3. The Balaban J connectivity index is 1.68. The summed E-state index contributed by atoms with van der Waals surface area (Å²) >= 11 is 6.09. The smallest absolute Gasteiger partial charge is 0.262 e. The zero-order valence-electron chi connectivity index (χ0n) is 15.3. The van der Waals surface area contributed by atoms with Crippen LogP contribution in [0.2, 0.25) is 5.02 Å². The van der Waals surface area contributed by atoms with Gasteiger partial charge in [-0.15, -0.1) is 0 Å². The quantitative estimate of drug-likeness (QED) is 0.842. The van der Waals surface area contributed by atoms with Crippen molar-refractivity contribution in [1.29, 1.82) is 0 Å². The second-order valence-electron chi connectivity index (χ2n) is 6.92. The minimum atomic E-state index is -0.292. The standard InChI is InChI=1S/C20H22ClNO4/c1-12-8-15(17(24-4)9-14(12)21)22-18(23)11-25-16-7-5-6-13-10-20(2,3)26-19(13)16/h5-9H,10-11H2,1-4H3,(H,22,23). The highest BCUT2D eigenvalue weighted by Gasteiger charge is 2.32. The Kier molecular flexibility index (Phi) is 5.01. The molecule has 5 nitrogen and oxygen atoms in total. The third-order valence-corrected chi connectivity index (χ3v) is 4.58. The molecule has 1 heterocycles. The fourth-order valence-corrected chi connectivity index (χ4v) is 3.11. The number of hydrogen-bond donors (Lipinski definition) is 1. The van der Waals surface area contributed by atoms with Gasteiger partial charge in [0.1, 0.15) is 11.4 Å². The monoisotopic (exact) mass is 375 g/mol. The molecule has 1 aliphatic rings. The van der Waals surface area contributed by atoms with Crippen molar-refractivity contribution in [3.05, 3.63) is 46.5 Å². The van der Waals surface area contributed by atoms with Crippen molar-refractivity contribution in [1.82, 2.24) is 0 Å². The third-order valence-electron chi connectivity index (χ3n) is 4.17. The lowest BCUT2D eigenvalue weighted by Crippen LogP contribution is -2.25. The lowest BCUT2D eigenvalue weighted by atomic mass is 10.0. The number of carbonyl (C=O) groups excluding carboxylic acids is 1. The average molecular weight is 376 g/mol. The molecule has 0 saturated carbocycles. The summed E-state index contributed by atoms with van der Waals surface area (Å²) in [7, 11) is 1.53. The van der Waals surface area contributed by atoms with Gasteiger partial charge in [-0.2, -0.15) is 0 Å². The van der Waals surface area contributed by atoms with E-state index < -0.39 is 0 Å². The first-order chi connectivity index (χ1) is 12.3. The van der Waals surface area contributed by atoms with Gasteiger partial charge < -0.3 is 19.5 Å². The Hall–Kier alpha value is -2.40. The van der Waals surface area contributed by atoms with E-state index in [1.54, 1.807) is 18.2 Å². The lowest BCUT2D eigenvalue weighted by molar-refractivity contribution is -0.118. The van der Waals surface area contributed by atoms with Crippen molar-refractivity contribution in [2.75, 3.05) is 19.0 Å². The molecular weight excluding hydrogens is 354 g/mol. The number of fused-ring (bicyclic) bond motifs is 1. The van der Waals surface area contributed by atoms with E-state index in [0.717, 1.165) is 17.5 Å². The van der Waals surface area contributed by atoms with Crippen molar-refractivity contribution >= 4 is 23.2 Å². The number of anilines is 1. The number of halogens is 1. The molecule has 3 rings (SSSR count). The maximum absolute atomic E-state index is 12.3. The SMILES string of the molecule is COc1cc(Cl)c(C)cc1NC(=O)COc1cccc2c1OC(C)(C)C2. The summed E-state index contributed by atoms with van der Waals surface area (Å²) in [6.45, 7) is 5.78. The van der Waals surface area contributed by atoms with Gasteiger partial charge in [0.15, 0.2) is 18.1 Å². The number of ether oxygens (including phenoxy) is 3. The van der Waals surface area contributed by atoms with Gasteiger partial charge in [0.25, 0.3) is 5.91 Å². The first-order valence-corrected chi connectivity index (χ1v) is 8.74. The van der Waals surface area contributed by atoms with Crippen LogP contribution in [0.5, 0.6) is 17.2 Å². The van der Waals surface area contributed by atoms with E-state index in [2.05, 4.69) is 5.32 Å². The number of aryl methyl sites for hydroxylation is 1. The van der Waals surface area contributed by atoms with Gasteiger partial charge in [-0.1, -0.05) is 23.7 Å². The highest BCUT2D eigenvalue weighted by Crippen LogP contribution is 2.41.